The van der Waals surface area contributed by atoms with Crippen molar-refractivity contribution in [2.45, 2.75) is 26.7 Å². The van der Waals surface area contributed by atoms with Crippen LogP contribution in [-0.2, 0) is 13.5 Å². The molecule has 3 heterocycles. The van der Waals surface area contributed by atoms with Crippen molar-refractivity contribution in [3.05, 3.63) is 41.4 Å². The molecule has 0 spiro atoms. The predicted octanol–water partition coefficient (Wildman–Crippen LogP) is 2.02. The van der Waals surface area contributed by atoms with E-state index in [-0.39, 0.29) is 5.91 Å². The smallest absolute Gasteiger partial charge is 0.257 e. The minimum absolute atomic E-state index is 0.0929. The summed E-state index contributed by atoms with van der Waals surface area (Å²) in [5.74, 6) is 2.71. The Kier molecular flexibility index (Phi) is 5.04. The lowest BCUT2D eigenvalue weighted by molar-refractivity contribution is 0.0759. The summed E-state index contributed by atoms with van der Waals surface area (Å²) in [7, 11) is 2.03. The van der Waals surface area contributed by atoms with Crippen LogP contribution in [0.25, 0.3) is 0 Å². The number of hydrogen-bond acceptors (Lipinski definition) is 4. The summed E-state index contributed by atoms with van der Waals surface area (Å²) in [6.45, 7) is 8.23. The quantitative estimate of drug-likeness (QED) is 0.861. The maximum atomic E-state index is 12.7. The Morgan fingerprint density at radius 1 is 1.25 bits per heavy atom. The molecule has 0 saturated carbocycles. The molecule has 130 valence electrons. The number of rotatable bonds is 4. The first-order chi connectivity index (χ1) is 11.5. The van der Waals surface area contributed by atoms with Crippen LogP contribution in [0, 0.1) is 13.8 Å². The molecule has 1 aliphatic heterocycles. The monoisotopic (exact) mass is 330 g/mol. The summed E-state index contributed by atoms with van der Waals surface area (Å²) < 4.78 is 7.57. The van der Waals surface area contributed by atoms with Gasteiger partial charge in [0.2, 0.25) is 0 Å². The van der Waals surface area contributed by atoms with Crippen molar-refractivity contribution in [3.63, 3.8) is 0 Å². The zero-order valence-corrected chi connectivity index (χ0v) is 14.8. The fourth-order valence-corrected chi connectivity index (χ4v) is 3.31. The second kappa shape index (κ2) is 7.21. The van der Waals surface area contributed by atoms with Gasteiger partial charge in [-0.3, -0.25) is 4.79 Å². The molecule has 1 aliphatic rings. The Hall–Kier alpha value is -2.08. The molecular weight excluding hydrogens is 304 g/mol. The highest BCUT2D eigenvalue weighted by atomic mass is 16.3. The van der Waals surface area contributed by atoms with E-state index in [2.05, 4.69) is 14.5 Å². The van der Waals surface area contributed by atoms with Gasteiger partial charge in [0.1, 0.15) is 17.3 Å². The first kappa shape index (κ1) is 16.8. The Morgan fingerprint density at radius 3 is 2.75 bits per heavy atom. The summed E-state index contributed by atoms with van der Waals surface area (Å²) in [5, 5.41) is 0. The lowest BCUT2D eigenvalue weighted by Gasteiger charge is -2.21. The molecule has 0 radical (unpaired) electrons. The molecule has 2 aromatic rings. The van der Waals surface area contributed by atoms with Crippen molar-refractivity contribution in [1.29, 1.82) is 0 Å². The lowest BCUT2D eigenvalue weighted by atomic mass is 10.2. The molecule has 0 aliphatic carbocycles. The Labute approximate surface area is 143 Å². The second-order valence-electron chi connectivity index (χ2n) is 6.52. The van der Waals surface area contributed by atoms with E-state index >= 15 is 0 Å². The van der Waals surface area contributed by atoms with Crippen molar-refractivity contribution in [3.8, 4) is 0 Å². The van der Waals surface area contributed by atoms with Gasteiger partial charge >= 0.3 is 0 Å². The maximum absolute atomic E-state index is 12.7. The van der Waals surface area contributed by atoms with Gasteiger partial charge < -0.3 is 18.8 Å². The number of aromatic nitrogens is 2. The third-order valence-corrected chi connectivity index (χ3v) is 4.72. The Balaban J connectivity index is 1.56. The van der Waals surface area contributed by atoms with E-state index in [1.807, 2.05) is 44.3 Å². The molecule has 1 amide bonds. The third-order valence-electron chi connectivity index (χ3n) is 4.72. The van der Waals surface area contributed by atoms with E-state index in [9.17, 15) is 4.79 Å². The first-order valence-corrected chi connectivity index (χ1v) is 8.59. The molecule has 1 fully saturated rings. The standard InChI is InChI=1S/C18H26N4O2/c1-14-13-16(15(2)24-14)18(23)22-8-4-7-21(11-12-22)9-5-17-19-6-10-20(17)3/h6,10,13H,4-5,7-9,11-12H2,1-3H3. The van der Waals surface area contributed by atoms with Gasteiger partial charge in [0.15, 0.2) is 0 Å². The number of imidazole rings is 1. The van der Waals surface area contributed by atoms with E-state index in [0.29, 0.717) is 11.3 Å². The van der Waals surface area contributed by atoms with Crippen LogP contribution in [0.15, 0.2) is 22.9 Å². The molecule has 0 unspecified atom stereocenters. The van der Waals surface area contributed by atoms with Gasteiger partial charge in [-0.15, -0.1) is 0 Å². The van der Waals surface area contributed by atoms with E-state index < -0.39 is 0 Å². The van der Waals surface area contributed by atoms with Crippen molar-refractivity contribution in [1.82, 2.24) is 19.4 Å². The summed E-state index contributed by atoms with van der Waals surface area (Å²) in [5.41, 5.74) is 0.703. The maximum Gasteiger partial charge on any atom is 0.257 e. The molecule has 6 heteroatoms. The topological polar surface area (TPSA) is 54.5 Å². The van der Waals surface area contributed by atoms with E-state index in [1.54, 1.807) is 0 Å². The number of hydrogen-bond donors (Lipinski definition) is 0. The normalized spacial score (nSPS) is 16.4. The zero-order chi connectivity index (χ0) is 17.1. The molecule has 0 atom stereocenters. The molecule has 6 nitrogen and oxygen atoms in total. The molecule has 24 heavy (non-hydrogen) atoms. The summed E-state index contributed by atoms with van der Waals surface area (Å²) in [4.78, 5) is 21.5. The molecule has 1 saturated heterocycles. The van der Waals surface area contributed by atoms with E-state index in [1.165, 1.54) is 0 Å². The second-order valence-corrected chi connectivity index (χ2v) is 6.52. The van der Waals surface area contributed by atoms with Crippen LogP contribution in [0.1, 0.15) is 34.1 Å². The Morgan fingerprint density at radius 2 is 2.08 bits per heavy atom. The average molecular weight is 330 g/mol. The molecule has 0 aromatic carbocycles. The van der Waals surface area contributed by atoms with Gasteiger partial charge in [0.05, 0.1) is 5.56 Å². The zero-order valence-electron chi connectivity index (χ0n) is 14.8. The van der Waals surface area contributed by atoms with Crippen LogP contribution in [-0.4, -0.2) is 58.0 Å². The third kappa shape index (κ3) is 3.70. The van der Waals surface area contributed by atoms with Gasteiger partial charge in [-0.1, -0.05) is 0 Å². The number of furan rings is 1. The van der Waals surface area contributed by atoms with Crippen molar-refractivity contribution >= 4 is 5.91 Å². The molecule has 0 bridgehead atoms. The highest BCUT2D eigenvalue weighted by Gasteiger charge is 2.23. The molecule has 0 N–H and O–H groups in total. The van der Waals surface area contributed by atoms with Crippen LogP contribution in [0.5, 0.6) is 0 Å². The molecule has 2 aromatic heterocycles. The molecule has 3 rings (SSSR count). The van der Waals surface area contributed by atoms with Gasteiger partial charge in [0, 0.05) is 52.0 Å². The van der Waals surface area contributed by atoms with E-state index in [4.69, 9.17) is 4.42 Å². The van der Waals surface area contributed by atoms with Crippen molar-refractivity contribution < 1.29 is 9.21 Å². The van der Waals surface area contributed by atoms with Crippen LogP contribution in [0.4, 0.5) is 0 Å². The number of aryl methyl sites for hydroxylation is 3. The van der Waals surface area contributed by atoms with E-state index in [0.717, 1.165) is 57.2 Å². The highest BCUT2D eigenvalue weighted by molar-refractivity contribution is 5.95. The minimum atomic E-state index is 0.0929. The fourth-order valence-electron chi connectivity index (χ4n) is 3.31. The van der Waals surface area contributed by atoms with Crippen LogP contribution in [0.2, 0.25) is 0 Å². The first-order valence-electron chi connectivity index (χ1n) is 8.59. The number of carbonyl (C=O) groups excluding carboxylic acids is 1. The van der Waals surface area contributed by atoms with Gasteiger partial charge in [-0.25, -0.2) is 4.98 Å². The van der Waals surface area contributed by atoms with Crippen LogP contribution in [0.3, 0.4) is 0 Å². The molecular formula is C18H26N4O2. The van der Waals surface area contributed by atoms with Gasteiger partial charge in [0.25, 0.3) is 5.91 Å². The Bertz CT molecular complexity index is 704. The van der Waals surface area contributed by atoms with Gasteiger partial charge in [-0.2, -0.15) is 0 Å². The average Bonchev–Trinajstić information content (AvgIpc) is 3.01. The minimum Gasteiger partial charge on any atom is -0.466 e. The lowest BCUT2D eigenvalue weighted by Crippen LogP contribution is -2.36. The predicted molar refractivity (Wildman–Crippen MR) is 92.1 cm³/mol. The summed E-state index contributed by atoms with van der Waals surface area (Å²) >= 11 is 0. The SMILES string of the molecule is Cc1cc(C(=O)N2CCCN(CCc3nccn3C)CC2)c(C)o1. The largest absolute Gasteiger partial charge is 0.466 e. The number of amides is 1. The number of nitrogens with zero attached hydrogens (tertiary/aromatic N) is 4. The van der Waals surface area contributed by atoms with Gasteiger partial charge in [-0.05, 0) is 32.9 Å². The summed E-state index contributed by atoms with van der Waals surface area (Å²) in [6.07, 6.45) is 5.76. The highest BCUT2D eigenvalue weighted by Crippen LogP contribution is 2.17. The van der Waals surface area contributed by atoms with Crippen molar-refractivity contribution in [2.75, 3.05) is 32.7 Å². The number of carbonyl (C=O) groups is 1. The summed E-state index contributed by atoms with van der Waals surface area (Å²) in [6, 6.07) is 1.85. The fraction of sp³-hybridized carbons (Fsp3) is 0.556. The van der Waals surface area contributed by atoms with Crippen molar-refractivity contribution in [2.24, 2.45) is 7.05 Å². The van der Waals surface area contributed by atoms with Crippen LogP contribution < -0.4 is 0 Å². The van der Waals surface area contributed by atoms with Crippen LogP contribution >= 0.6 is 0 Å².